The normalized spacial score (nSPS) is 14.7. The lowest BCUT2D eigenvalue weighted by Gasteiger charge is -2.27. The van der Waals surface area contributed by atoms with Gasteiger partial charge < -0.3 is 4.57 Å². The van der Waals surface area contributed by atoms with Gasteiger partial charge in [0.05, 0.1) is 18.9 Å². The molecule has 24 heavy (non-hydrogen) atoms. The number of aromatic nitrogens is 5. The van der Waals surface area contributed by atoms with Crippen molar-refractivity contribution in [3.8, 4) is 11.4 Å². The topological polar surface area (TPSA) is 51.8 Å². The molecule has 0 saturated heterocycles. The van der Waals surface area contributed by atoms with Crippen molar-refractivity contribution < 1.29 is 0 Å². The molecule has 4 rings (SSSR count). The van der Waals surface area contributed by atoms with Gasteiger partial charge in [0.15, 0.2) is 11.0 Å². The lowest BCUT2D eigenvalue weighted by molar-refractivity contribution is 0.233. The SMILES string of the molecule is Clc1cccc(-c2nnc3n2CN(CCCn2ccnc2)CS3)c1. The predicted molar refractivity (Wildman–Crippen MR) is 94.7 cm³/mol. The summed E-state index contributed by atoms with van der Waals surface area (Å²) in [6, 6.07) is 7.77. The fourth-order valence-corrected chi connectivity index (χ4v) is 3.88. The third kappa shape index (κ3) is 3.33. The van der Waals surface area contributed by atoms with Crippen LogP contribution in [-0.4, -0.2) is 41.6 Å². The van der Waals surface area contributed by atoms with E-state index in [2.05, 4.69) is 29.2 Å². The molecule has 0 radical (unpaired) electrons. The second kappa shape index (κ2) is 6.96. The molecule has 0 spiro atoms. The maximum Gasteiger partial charge on any atom is 0.193 e. The van der Waals surface area contributed by atoms with Gasteiger partial charge in [0.25, 0.3) is 0 Å². The van der Waals surface area contributed by atoms with Crippen LogP contribution >= 0.6 is 23.4 Å². The summed E-state index contributed by atoms with van der Waals surface area (Å²) in [6.45, 7) is 2.82. The molecule has 3 aromatic rings. The van der Waals surface area contributed by atoms with Gasteiger partial charge in [-0.05, 0) is 18.6 Å². The van der Waals surface area contributed by atoms with Crippen molar-refractivity contribution >= 4 is 23.4 Å². The summed E-state index contributed by atoms with van der Waals surface area (Å²) < 4.78 is 4.27. The highest BCUT2D eigenvalue weighted by Crippen LogP contribution is 2.29. The Kier molecular flexibility index (Phi) is 4.55. The zero-order chi connectivity index (χ0) is 16.4. The van der Waals surface area contributed by atoms with Gasteiger partial charge in [-0.15, -0.1) is 10.2 Å². The van der Waals surface area contributed by atoms with Crippen molar-refractivity contribution in [3.05, 3.63) is 48.0 Å². The van der Waals surface area contributed by atoms with E-state index >= 15 is 0 Å². The average molecular weight is 361 g/mol. The number of halogens is 1. The number of aryl methyl sites for hydroxylation is 1. The number of imidazole rings is 1. The Hall–Kier alpha value is -1.83. The van der Waals surface area contributed by atoms with E-state index in [9.17, 15) is 0 Å². The standard InChI is InChI=1S/C16H17ClN6S/c17-14-4-1-3-13(9-14)15-19-20-16-23(15)11-22(12-24-16)7-2-6-21-8-5-18-10-21/h1,3-5,8-10H,2,6-7,11-12H2. The number of hydrogen-bond donors (Lipinski definition) is 0. The van der Waals surface area contributed by atoms with Crippen LogP contribution in [0.1, 0.15) is 6.42 Å². The maximum atomic E-state index is 6.11. The van der Waals surface area contributed by atoms with Crippen molar-refractivity contribution in [2.45, 2.75) is 24.8 Å². The minimum Gasteiger partial charge on any atom is -0.337 e. The largest absolute Gasteiger partial charge is 0.337 e. The first-order valence-electron chi connectivity index (χ1n) is 7.79. The molecular weight excluding hydrogens is 344 g/mol. The molecule has 0 bridgehead atoms. The van der Waals surface area contributed by atoms with E-state index in [0.29, 0.717) is 5.02 Å². The number of rotatable bonds is 5. The zero-order valence-corrected chi connectivity index (χ0v) is 14.6. The molecule has 3 heterocycles. The Bertz CT molecular complexity index is 816. The van der Waals surface area contributed by atoms with Crippen molar-refractivity contribution in [2.24, 2.45) is 0 Å². The third-order valence-corrected chi connectivity index (χ3v) is 5.26. The number of thioether (sulfide) groups is 1. The molecule has 0 amide bonds. The molecule has 1 aliphatic heterocycles. The summed E-state index contributed by atoms with van der Waals surface area (Å²) in [5.41, 5.74) is 1.00. The van der Waals surface area contributed by atoms with Crippen LogP contribution in [-0.2, 0) is 13.2 Å². The first-order valence-corrected chi connectivity index (χ1v) is 9.16. The second-order valence-electron chi connectivity index (χ2n) is 5.71. The van der Waals surface area contributed by atoms with Crippen LogP contribution in [0, 0.1) is 0 Å². The maximum absolute atomic E-state index is 6.11. The number of fused-ring (bicyclic) bond motifs is 1. The van der Waals surface area contributed by atoms with E-state index in [-0.39, 0.29) is 0 Å². The van der Waals surface area contributed by atoms with E-state index in [1.54, 1.807) is 11.8 Å². The molecule has 0 aliphatic carbocycles. The molecule has 1 aromatic carbocycles. The Morgan fingerprint density at radius 1 is 1.21 bits per heavy atom. The molecule has 6 nitrogen and oxygen atoms in total. The smallest absolute Gasteiger partial charge is 0.193 e. The molecular formula is C16H17ClN6S. The predicted octanol–water partition coefficient (Wildman–Crippen LogP) is 3.21. The summed E-state index contributed by atoms with van der Waals surface area (Å²) in [6.07, 6.45) is 6.76. The summed E-state index contributed by atoms with van der Waals surface area (Å²) >= 11 is 7.84. The molecule has 0 fully saturated rings. The highest BCUT2D eigenvalue weighted by Gasteiger charge is 2.22. The van der Waals surface area contributed by atoms with Crippen LogP contribution < -0.4 is 0 Å². The summed E-state index contributed by atoms with van der Waals surface area (Å²) in [5, 5.41) is 10.4. The van der Waals surface area contributed by atoms with E-state index in [1.807, 2.05) is 43.0 Å². The zero-order valence-electron chi connectivity index (χ0n) is 13.0. The molecule has 0 N–H and O–H groups in total. The molecule has 0 unspecified atom stereocenters. The van der Waals surface area contributed by atoms with Gasteiger partial charge in [-0.25, -0.2) is 4.98 Å². The fourth-order valence-electron chi connectivity index (χ4n) is 2.79. The summed E-state index contributed by atoms with van der Waals surface area (Å²) in [7, 11) is 0. The number of nitrogens with zero attached hydrogens (tertiary/aromatic N) is 6. The fraction of sp³-hybridized carbons (Fsp3) is 0.312. The van der Waals surface area contributed by atoms with Crippen molar-refractivity contribution in [1.82, 2.24) is 29.2 Å². The van der Waals surface area contributed by atoms with Gasteiger partial charge in [-0.2, -0.15) is 0 Å². The van der Waals surface area contributed by atoms with Crippen LogP contribution in [0.4, 0.5) is 0 Å². The molecule has 8 heteroatoms. The second-order valence-corrected chi connectivity index (χ2v) is 7.06. The minimum absolute atomic E-state index is 0.713. The van der Waals surface area contributed by atoms with Crippen LogP contribution in [0.5, 0.6) is 0 Å². The van der Waals surface area contributed by atoms with E-state index in [1.165, 1.54) is 0 Å². The summed E-state index contributed by atoms with van der Waals surface area (Å²) in [5.74, 6) is 1.82. The van der Waals surface area contributed by atoms with Gasteiger partial charge in [-0.1, -0.05) is 35.5 Å². The summed E-state index contributed by atoms with van der Waals surface area (Å²) in [4.78, 5) is 6.49. The van der Waals surface area contributed by atoms with Gasteiger partial charge in [0, 0.05) is 36.1 Å². The molecule has 0 atom stereocenters. The Morgan fingerprint density at radius 3 is 3.00 bits per heavy atom. The lowest BCUT2D eigenvalue weighted by Crippen LogP contribution is -2.32. The van der Waals surface area contributed by atoms with Crippen molar-refractivity contribution in [1.29, 1.82) is 0 Å². The molecule has 1 aliphatic rings. The number of hydrogen-bond acceptors (Lipinski definition) is 5. The number of benzene rings is 1. The van der Waals surface area contributed by atoms with Crippen LogP contribution in [0.15, 0.2) is 48.1 Å². The first kappa shape index (κ1) is 15.7. The first-order chi connectivity index (χ1) is 11.8. The van der Waals surface area contributed by atoms with Crippen LogP contribution in [0.3, 0.4) is 0 Å². The van der Waals surface area contributed by atoms with E-state index in [0.717, 1.165) is 48.6 Å². The Labute approximate surface area is 149 Å². The van der Waals surface area contributed by atoms with Crippen molar-refractivity contribution in [2.75, 3.05) is 12.4 Å². The molecule has 124 valence electrons. The Morgan fingerprint density at radius 2 is 2.17 bits per heavy atom. The average Bonchev–Trinajstić information content (AvgIpc) is 3.24. The Balaban J connectivity index is 1.45. The molecule has 2 aromatic heterocycles. The van der Waals surface area contributed by atoms with Gasteiger partial charge in [-0.3, -0.25) is 9.47 Å². The quantitative estimate of drug-likeness (QED) is 0.699. The van der Waals surface area contributed by atoms with Gasteiger partial charge in [0.2, 0.25) is 0 Å². The minimum atomic E-state index is 0.713. The van der Waals surface area contributed by atoms with Crippen LogP contribution in [0.25, 0.3) is 11.4 Å². The highest BCUT2D eigenvalue weighted by atomic mass is 35.5. The van der Waals surface area contributed by atoms with E-state index in [4.69, 9.17) is 11.6 Å². The van der Waals surface area contributed by atoms with E-state index < -0.39 is 0 Å². The van der Waals surface area contributed by atoms with Gasteiger partial charge in [0.1, 0.15) is 0 Å². The molecule has 0 saturated carbocycles. The van der Waals surface area contributed by atoms with Crippen LogP contribution in [0.2, 0.25) is 5.02 Å². The third-order valence-electron chi connectivity index (χ3n) is 3.97. The van der Waals surface area contributed by atoms with Crippen molar-refractivity contribution in [3.63, 3.8) is 0 Å². The van der Waals surface area contributed by atoms with Gasteiger partial charge >= 0.3 is 0 Å². The monoisotopic (exact) mass is 360 g/mol. The highest BCUT2D eigenvalue weighted by molar-refractivity contribution is 7.99. The lowest BCUT2D eigenvalue weighted by atomic mass is 10.2.